The molecular formula is C15H22N2O2. The summed E-state index contributed by atoms with van der Waals surface area (Å²) in [5.74, 6) is 0.966. The molecule has 19 heavy (non-hydrogen) atoms. The van der Waals surface area contributed by atoms with Gasteiger partial charge in [-0.3, -0.25) is 4.79 Å². The molecule has 2 rings (SSSR count). The Morgan fingerprint density at radius 3 is 2.63 bits per heavy atom. The van der Waals surface area contributed by atoms with Crippen LogP contribution in [0.2, 0.25) is 0 Å². The van der Waals surface area contributed by atoms with Crippen molar-refractivity contribution in [1.82, 2.24) is 10.6 Å². The Hall–Kier alpha value is -1.55. The number of ether oxygens (including phenoxy) is 1. The normalized spacial score (nSPS) is 14.2. The zero-order valence-corrected chi connectivity index (χ0v) is 11.4. The SMILES string of the molecule is COc1ccc(CCC(=O)NCCNC2CC2)cc1. The van der Waals surface area contributed by atoms with Gasteiger partial charge < -0.3 is 15.4 Å². The van der Waals surface area contributed by atoms with Gasteiger partial charge in [-0.1, -0.05) is 12.1 Å². The van der Waals surface area contributed by atoms with Gasteiger partial charge in [0.05, 0.1) is 7.11 Å². The Labute approximate surface area is 114 Å². The summed E-state index contributed by atoms with van der Waals surface area (Å²) in [6.07, 6.45) is 3.87. The van der Waals surface area contributed by atoms with Crippen LogP contribution in [0.1, 0.15) is 24.8 Å². The molecule has 0 atom stereocenters. The number of carbonyl (C=O) groups excluding carboxylic acids is 1. The van der Waals surface area contributed by atoms with Gasteiger partial charge in [0.1, 0.15) is 5.75 Å². The summed E-state index contributed by atoms with van der Waals surface area (Å²) in [6, 6.07) is 8.55. The molecule has 4 heteroatoms. The molecule has 1 aliphatic carbocycles. The summed E-state index contributed by atoms with van der Waals surface area (Å²) in [6.45, 7) is 1.59. The van der Waals surface area contributed by atoms with E-state index in [9.17, 15) is 4.79 Å². The molecule has 0 saturated heterocycles. The van der Waals surface area contributed by atoms with Gasteiger partial charge in [0.2, 0.25) is 5.91 Å². The molecule has 1 aliphatic rings. The quantitative estimate of drug-likeness (QED) is 0.698. The largest absolute Gasteiger partial charge is 0.497 e. The van der Waals surface area contributed by atoms with E-state index in [4.69, 9.17) is 4.74 Å². The smallest absolute Gasteiger partial charge is 0.220 e. The third kappa shape index (κ3) is 5.30. The Morgan fingerprint density at radius 1 is 1.26 bits per heavy atom. The van der Waals surface area contributed by atoms with Gasteiger partial charge in [-0.2, -0.15) is 0 Å². The van der Waals surface area contributed by atoms with E-state index in [1.165, 1.54) is 12.8 Å². The van der Waals surface area contributed by atoms with Crippen molar-refractivity contribution in [2.45, 2.75) is 31.7 Å². The van der Waals surface area contributed by atoms with Crippen molar-refractivity contribution in [3.63, 3.8) is 0 Å². The van der Waals surface area contributed by atoms with Crippen LogP contribution in [-0.4, -0.2) is 32.1 Å². The third-order valence-corrected chi connectivity index (χ3v) is 3.26. The van der Waals surface area contributed by atoms with Gasteiger partial charge in [0.25, 0.3) is 0 Å². The van der Waals surface area contributed by atoms with Crippen molar-refractivity contribution in [2.75, 3.05) is 20.2 Å². The molecule has 2 N–H and O–H groups in total. The molecule has 1 aromatic rings. The summed E-state index contributed by atoms with van der Waals surface area (Å²) in [5, 5.41) is 6.30. The molecule has 0 unspecified atom stereocenters. The van der Waals surface area contributed by atoms with E-state index in [-0.39, 0.29) is 5.91 Å². The van der Waals surface area contributed by atoms with Gasteiger partial charge in [0.15, 0.2) is 0 Å². The second-order valence-corrected chi connectivity index (χ2v) is 4.93. The fraction of sp³-hybridized carbons (Fsp3) is 0.533. The molecule has 0 aromatic heterocycles. The van der Waals surface area contributed by atoms with Crippen molar-refractivity contribution in [3.8, 4) is 5.75 Å². The van der Waals surface area contributed by atoms with Gasteiger partial charge in [-0.15, -0.1) is 0 Å². The Bertz CT molecular complexity index is 399. The maximum atomic E-state index is 11.6. The fourth-order valence-corrected chi connectivity index (χ4v) is 1.90. The van der Waals surface area contributed by atoms with Crippen molar-refractivity contribution in [2.24, 2.45) is 0 Å². The van der Waals surface area contributed by atoms with E-state index in [0.717, 1.165) is 30.8 Å². The number of rotatable bonds is 8. The first-order valence-corrected chi connectivity index (χ1v) is 6.91. The number of aryl methyl sites for hydroxylation is 1. The molecule has 0 spiro atoms. The van der Waals surface area contributed by atoms with Gasteiger partial charge in [-0.05, 0) is 37.0 Å². The minimum Gasteiger partial charge on any atom is -0.497 e. The summed E-state index contributed by atoms with van der Waals surface area (Å²) < 4.78 is 5.10. The zero-order chi connectivity index (χ0) is 13.5. The van der Waals surface area contributed by atoms with E-state index < -0.39 is 0 Å². The number of hydrogen-bond donors (Lipinski definition) is 2. The van der Waals surface area contributed by atoms with Crippen LogP contribution in [0.25, 0.3) is 0 Å². The second-order valence-electron chi connectivity index (χ2n) is 4.93. The summed E-state index contributed by atoms with van der Waals surface area (Å²) in [4.78, 5) is 11.6. The molecule has 1 amide bonds. The highest BCUT2D eigenvalue weighted by Gasteiger charge is 2.19. The van der Waals surface area contributed by atoms with Crippen molar-refractivity contribution in [1.29, 1.82) is 0 Å². The topological polar surface area (TPSA) is 50.4 Å². The molecule has 1 saturated carbocycles. The van der Waals surface area contributed by atoms with Gasteiger partial charge >= 0.3 is 0 Å². The number of hydrogen-bond acceptors (Lipinski definition) is 3. The van der Waals surface area contributed by atoms with Gasteiger partial charge in [0, 0.05) is 25.6 Å². The molecule has 0 heterocycles. The summed E-state index contributed by atoms with van der Waals surface area (Å²) >= 11 is 0. The third-order valence-electron chi connectivity index (χ3n) is 3.26. The number of amides is 1. The summed E-state index contributed by atoms with van der Waals surface area (Å²) in [5.41, 5.74) is 1.16. The van der Waals surface area contributed by atoms with Crippen LogP contribution in [0.15, 0.2) is 24.3 Å². The fourth-order valence-electron chi connectivity index (χ4n) is 1.90. The summed E-state index contributed by atoms with van der Waals surface area (Å²) in [7, 11) is 1.65. The predicted molar refractivity (Wildman–Crippen MR) is 75.3 cm³/mol. The second kappa shape index (κ2) is 7.14. The van der Waals surface area contributed by atoms with E-state index >= 15 is 0 Å². The first kappa shape index (κ1) is 13.9. The van der Waals surface area contributed by atoms with Crippen LogP contribution in [0.5, 0.6) is 5.75 Å². The maximum Gasteiger partial charge on any atom is 0.220 e. The molecule has 1 aromatic carbocycles. The molecule has 104 valence electrons. The van der Waals surface area contributed by atoms with Crippen molar-refractivity contribution < 1.29 is 9.53 Å². The molecule has 1 fully saturated rings. The minimum atomic E-state index is 0.119. The molecule has 0 bridgehead atoms. The molecular weight excluding hydrogens is 240 g/mol. The highest BCUT2D eigenvalue weighted by Crippen LogP contribution is 2.17. The Balaban J connectivity index is 1.58. The van der Waals surface area contributed by atoms with E-state index in [1.54, 1.807) is 7.11 Å². The minimum absolute atomic E-state index is 0.119. The van der Waals surface area contributed by atoms with Crippen LogP contribution < -0.4 is 15.4 Å². The first-order valence-electron chi connectivity index (χ1n) is 6.91. The molecule has 0 radical (unpaired) electrons. The average Bonchev–Trinajstić information content (AvgIpc) is 3.26. The zero-order valence-electron chi connectivity index (χ0n) is 11.4. The van der Waals surface area contributed by atoms with Crippen molar-refractivity contribution in [3.05, 3.63) is 29.8 Å². The van der Waals surface area contributed by atoms with Crippen LogP contribution in [-0.2, 0) is 11.2 Å². The number of nitrogens with one attached hydrogen (secondary N) is 2. The standard InChI is InChI=1S/C15H22N2O2/c1-19-14-7-2-12(3-8-14)4-9-15(18)17-11-10-16-13-5-6-13/h2-3,7-8,13,16H,4-6,9-11H2,1H3,(H,17,18). The lowest BCUT2D eigenvalue weighted by molar-refractivity contribution is -0.121. The first-order chi connectivity index (χ1) is 9.28. The van der Waals surface area contributed by atoms with Crippen LogP contribution in [0, 0.1) is 0 Å². The van der Waals surface area contributed by atoms with E-state index in [0.29, 0.717) is 12.5 Å². The monoisotopic (exact) mass is 262 g/mol. The lowest BCUT2D eigenvalue weighted by Gasteiger charge is -2.06. The lowest BCUT2D eigenvalue weighted by Crippen LogP contribution is -2.32. The Kier molecular flexibility index (Phi) is 5.21. The van der Waals surface area contributed by atoms with Crippen LogP contribution >= 0.6 is 0 Å². The van der Waals surface area contributed by atoms with Crippen LogP contribution in [0.4, 0.5) is 0 Å². The number of carbonyl (C=O) groups is 1. The predicted octanol–water partition coefficient (Wildman–Crippen LogP) is 1.50. The maximum absolute atomic E-state index is 11.6. The average molecular weight is 262 g/mol. The lowest BCUT2D eigenvalue weighted by atomic mass is 10.1. The van der Waals surface area contributed by atoms with Crippen LogP contribution in [0.3, 0.4) is 0 Å². The van der Waals surface area contributed by atoms with Gasteiger partial charge in [-0.25, -0.2) is 0 Å². The Morgan fingerprint density at radius 2 is 2.00 bits per heavy atom. The molecule has 0 aliphatic heterocycles. The highest BCUT2D eigenvalue weighted by molar-refractivity contribution is 5.76. The number of methoxy groups -OCH3 is 1. The molecule has 4 nitrogen and oxygen atoms in total. The number of benzene rings is 1. The van der Waals surface area contributed by atoms with E-state index in [1.807, 2.05) is 24.3 Å². The van der Waals surface area contributed by atoms with Crippen molar-refractivity contribution >= 4 is 5.91 Å². The highest BCUT2D eigenvalue weighted by atomic mass is 16.5. The van der Waals surface area contributed by atoms with E-state index in [2.05, 4.69) is 10.6 Å².